The molecule has 0 saturated heterocycles. The van der Waals surface area contributed by atoms with Crippen molar-refractivity contribution in [3.63, 3.8) is 0 Å². The van der Waals surface area contributed by atoms with Crippen LogP contribution < -0.4 is 0 Å². The van der Waals surface area contributed by atoms with Crippen LogP contribution >= 0.6 is 0 Å². The Hall–Kier alpha value is -0.790. The molecule has 0 aromatic heterocycles. The number of allylic oxidation sites excluding steroid dienone is 2. The Morgan fingerprint density at radius 1 is 1.00 bits per heavy atom. The van der Waals surface area contributed by atoms with Gasteiger partial charge in [0.2, 0.25) is 0 Å². The van der Waals surface area contributed by atoms with Crippen molar-refractivity contribution in [2.75, 3.05) is 0 Å². The molecule has 0 heterocycles. The number of ether oxygens (including phenoxy) is 1. The van der Waals surface area contributed by atoms with Gasteiger partial charge in [0, 0.05) is 0 Å². The highest BCUT2D eigenvalue weighted by Gasteiger charge is 2.59. The van der Waals surface area contributed by atoms with Gasteiger partial charge in [0.15, 0.2) is 0 Å². The molecule has 2 heteroatoms. The number of fused-ring (bicyclic) bond motifs is 2. The van der Waals surface area contributed by atoms with Crippen LogP contribution in [0.2, 0.25) is 0 Å². The highest BCUT2D eigenvalue weighted by atomic mass is 16.6. The number of hydrogen-bond acceptors (Lipinski definition) is 2. The molecule has 3 atom stereocenters. The molecule has 6 aliphatic rings. The lowest BCUT2D eigenvalue weighted by Crippen LogP contribution is -2.59. The largest absolute Gasteiger partial charge is 0.458 e. The van der Waals surface area contributed by atoms with Crippen molar-refractivity contribution in [3.05, 3.63) is 12.2 Å². The second-order valence-electron chi connectivity index (χ2n) is 8.92. The summed E-state index contributed by atoms with van der Waals surface area (Å²) in [5.74, 6) is 4.62. The van der Waals surface area contributed by atoms with Crippen molar-refractivity contribution in [1.29, 1.82) is 0 Å². The van der Waals surface area contributed by atoms with Gasteiger partial charge in [0.1, 0.15) is 5.60 Å². The van der Waals surface area contributed by atoms with E-state index in [1.54, 1.807) is 0 Å². The van der Waals surface area contributed by atoms with Crippen LogP contribution in [0, 0.1) is 41.4 Å². The molecule has 120 valence electrons. The minimum atomic E-state index is -0.101. The summed E-state index contributed by atoms with van der Waals surface area (Å²) in [5.41, 5.74) is -0.101. The Bertz CT molecular complexity index is 492. The first-order valence-electron chi connectivity index (χ1n) is 9.59. The molecule has 6 aliphatic carbocycles. The van der Waals surface area contributed by atoms with Crippen molar-refractivity contribution in [2.45, 2.75) is 63.9 Å². The van der Waals surface area contributed by atoms with E-state index >= 15 is 0 Å². The topological polar surface area (TPSA) is 26.3 Å². The predicted octanol–water partition coefficient (Wildman–Crippen LogP) is 4.35. The first kappa shape index (κ1) is 13.6. The SMILES string of the molecule is CCC1(OC(=O)[C@H]2C[C@H]3C=C[C@@H]2C3)C2CC3CC(C2)CC1C3. The average molecular weight is 300 g/mol. The Morgan fingerprint density at radius 2 is 1.68 bits per heavy atom. The summed E-state index contributed by atoms with van der Waals surface area (Å²) in [7, 11) is 0. The fourth-order valence-corrected chi connectivity index (χ4v) is 7.11. The van der Waals surface area contributed by atoms with Gasteiger partial charge in [0.05, 0.1) is 5.92 Å². The molecule has 0 N–H and O–H groups in total. The first-order chi connectivity index (χ1) is 10.7. The quantitative estimate of drug-likeness (QED) is 0.572. The summed E-state index contributed by atoms with van der Waals surface area (Å²) >= 11 is 0. The second-order valence-corrected chi connectivity index (χ2v) is 8.92. The van der Waals surface area contributed by atoms with Gasteiger partial charge in [-0.05, 0) is 86.9 Å². The maximum Gasteiger partial charge on any atom is 0.310 e. The number of rotatable bonds is 3. The predicted molar refractivity (Wildman–Crippen MR) is 85.0 cm³/mol. The maximum absolute atomic E-state index is 12.9. The molecule has 5 fully saturated rings. The van der Waals surface area contributed by atoms with E-state index < -0.39 is 0 Å². The Balaban J connectivity index is 1.38. The summed E-state index contributed by atoms with van der Waals surface area (Å²) in [6, 6.07) is 0. The first-order valence-corrected chi connectivity index (χ1v) is 9.59. The van der Waals surface area contributed by atoms with Crippen LogP contribution in [0.3, 0.4) is 0 Å². The van der Waals surface area contributed by atoms with E-state index in [2.05, 4.69) is 19.1 Å². The molecule has 0 spiro atoms. The number of hydrogen-bond donors (Lipinski definition) is 0. The van der Waals surface area contributed by atoms with Crippen molar-refractivity contribution >= 4 is 5.97 Å². The third-order valence-electron chi connectivity index (χ3n) is 7.95. The number of esters is 1. The van der Waals surface area contributed by atoms with E-state index in [9.17, 15) is 4.79 Å². The van der Waals surface area contributed by atoms with Crippen LogP contribution in [0.25, 0.3) is 0 Å². The third-order valence-corrected chi connectivity index (χ3v) is 7.95. The lowest BCUT2D eigenvalue weighted by molar-refractivity contribution is -0.215. The molecule has 0 amide bonds. The van der Waals surface area contributed by atoms with E-state index in [0.717, 1.165) is 24.7 Å². The van der Waals surface area contributed by atoms with E-state index in [-0.39, 0.29) is 17.5 Å². The molecule has 2 nitrogen and oxygen atoms in total. The van der Waals surface area contributed by atoms with Gasteiger partial charge in [-0.15, -0.1) is 0 Å². The monoisotopic (exact) mass is 300 g/mol. The fourth-order valence-electron chi connectivity index (χ4n) is 7.11. The van der Waals surface area contributed by atoms with Gasteiger partial charge >= 0.3 is 5.97 Å². The van der Waals surface area contributed by atoms with Gasteiger partial charge in [-0.25, -0.2) is 0 Å². The molecule has 0 radical (unpaired) electrons. The highest BCUT2D eigenvalue weighted by Crippen LogP contribution is 2.61. The minimum Gasteiger partial charge on any atom is -0.458 e. The highest BCUT2D eigenvalue weighted by molar-refractivity contribution is 5.74. The van der Waals surface area contributed by atoms with E-state index in [0.29, 0.717) is 23.7 Å². The summed E-state index contributed by atoms with van der Waals surface area (Å²) in [5, 5.41) is 0. The van der Waals surface area contributed by atoms with Crippen molar-refractivity contribution in [2.24, 2.45) is 41.4 Å². The normalized spacial score (nSPS) is 54.1. The molecule has 5 saturated carbocycles. The zero-order chi connectivity index (χ0) is 14.9. The Kier molecular flexibility index (Phi) is 2.86. The zero-order valence-corrected chi connectivity index (χ0v) is 13.7. The maximum atomic E-state index is 12.9. The standard InChI is InChI=1S/C20H28O2/c1-2-20(16-7-13-5-14(9-16)10-17(20)8-13)22-19(21)18-11-12-3-4-15(18)6-12/h3-4,12-18H,2,5-11H2,1H3/t12-,13?,14?,15+,16?,17?,18-,20?/m0/s1. The molecule has 6 bridgehead atoms. The minimum absolute atomic E-state index is 0.101. The van der Waals surface area contributed by atoms with E-state index in [1.165, 1.54) is 38.5 Å². The summed E-state index contributed by atoms with van der Waals surface area (Å²) < 4.78 is 6.43. The van der Waals surface area contributed by atoms with Crippen LogP contribution in [0.1, 0.15) is 58.3 Å². The Labute approximate surface area is 133 Å². The number of carbonyl (C=O) groups is 1. The van der Waals surface area contributed by atoms with Gasteiger partial charge in [-0.2, -0.15) is 0 Å². The second kappa shape index (κ2) is 4.61. The summed E-state index contributed by atoms with van der Waals surface area (Å²) in [6.45, 7) is 2.26. The fraction of sp³-hybridized carbons (Fsp3) is 0.850. The van der Waals surface area contributed by atoms with Gasteiger partial charge in [0.25, 0.3) is 0 Å². The lowest BCUT2D eigenvalue weighted by Gasteiger charge is -2.60. The molecule has 6 rings (SSSR count). The zero-order valence-electron chi connectivity index (χ0n) is 13.7. The van der Waals surface area contributed by atoms with Crippen molar-refractivity contribution in [1.82, 2.24) is 0 Å². The van der Waals surface area contributed by atoms with Crippen LogP contribution in [0.5, 0.6) is 0 Å². The lowest BCUT2D eigenvalue weighted by atomic mass is 9.49. The molecule has 0 unspecified atom stereocenters. The van der Waals surface area contributed by atoms with Crippen LogP contribution in [0.4, 0.5) is 0 Å². The van der Waals surface area contributed by atoms with Crippen molar-refractivity contribution < 1.29 is 9.53 Å². The molecule has 0 aliphatic heterocycles. The molecule has 22 heavy (non-hydrogen) atoms. The van der Waals surface area contributed by atoms with E-state index in [1.807, 2.05) is 0 Å². The smallest absolute Gasteiger partial charge is 0.310 e. The Morgan fingerprint density at radius 3 is 2.18 bits per heavy atom. The molecular formula is C20H28O2. The van der Waals surface area contributed by atoms with Gasteiger partial charge < -0.3 is 4.74 Å². The van der Waals surface area contributed by atoms with Gasteiger partial charge in [-0.3, -0.25) is 4.79 Å². The third kappa shape index (κ3) is 1.76. The van der Waals surface area contributed by atoms with Gasteiger partial charge in [-0.1, -0.05) is 19.1 Å². The molecule has 0 aromatic carbocycles. The summed E-state index contributed by atoms with van der Waals surface area (Å²) in [6.07, 6.45) is 14.6. The molecular weight excluding hydrogens is 272 g/mol. The summed E-state index contributed by atoms with van der Waals surface area (Å²) in [4.78, 5) is 12.9. The van der Waals surface area contributed by atoms with Crippen LogP contribution in [0.15, 0.2) is 12.2 Å². The van der Waals surface area contributed by atoms with Crippen molar-refractivity contribution in [3.8, 4) is 0 Å². The average Bonchev–Trinajstić information content (AvgIpc) is 3.13. The molecule has 0 aromatic rings. The van der Waals surface area contributed by atoms with Crippen LogP contribution in [-0.4, -0.2) is 11.6 Å². The number of carbonyl (C=O) groups excluding carboxylic acids is 1. The van der Waals surface area contributed by atoms with E-state index in [4.69, 9.17) is 4.74 Å². The van der Waals surface area contributed by atoms with Crippen LogP contribution in [-0.2, 0) is 9.53 Å².